The number of hydrogen-bond donors (Lipinski definition) is 1. The molecule has 0 fully saturated rings. The van der Waals surface area contributed by atoms with Crippen LogP contribution in [0.3, 0.4) is 0 Å². The van der Waals surface area contributed by atoms with E-state index in [0.29, 0.717) is 12.6 Å². The van der Waals surface area contributed by atoms with Gasteiger partial charge in [0.05, 0.1) is 0 Å². The molecule has 2 nitrogen and oxygen atoms in total. The fraction of sp³-hybridized carbons (Fsp3) is 0.538. The molecular weight excluding hydrogens is 235 g/mol. The third-order valence-corrected chi connectivity index (χ3v) is 3.78. The Morgan fingerprint density at radius 1 is 1.41 bits per heavy atom. The van der Waals surface area contributed by atoms with E-state index in [0.717, 1.165) is 23.4 Å². The fourth-order valence-corrected chi connectivity index (χ4v) is 2.47. The van der Waals surface area contributed by atoms with E-state index in [1.165, 1.54) is 12.1 Å². The molecule has 4 heteroatoms. The predicted octanol–water partition coefficient (Wildman–Crippen LogP) is 2.47. The highest BCUT2D eigenvalue weighted by Crippen LogP contribution is 2.15. The smallest absolute Gasteiger partial charge is 0.123 e. The average molecular weight is 256 g/mol. The van der Waals surface area contributed by atoms with E-state index >= 15 is 0 Å². The lowest BCUT2D eigenvalue weighted by molar-refractivity contribution is 0.269. The molecule has 0 bridgehead atoms. The minimum absolute atomic E-state index is 0.214. The second-order valence-electron chi connectivity index (χ2n) is 4.34. The summed E-state index contributed by atoms with van der Waals surface area (Å²) in [5, 5.41) is 0. The van der Waals surface area contributed by atoms with Gasteiger partial charge in [-0.05, 0) is 43.5 Å². The van der Waals surface area contributed by atoms with Crippen molar-refractivity contribution in [3.63, 3.8) is 0 Å². The van der Waals surface area contributed by atoms with Gasteiger partial charge in [-0.3, -0.25) is 4.90 Å². The summed E-state index contributed by atoms with van der Waals surface area (Å²) in [4.78, 5) is 2.27. The zero-order valence-electron chi connectivity index (χ0n) is 10.7. The van der Waals surface area contributed by atoms with Gasteiger partial charge in [-0.15, -0.1) is 0 Å². The van der Waals surface area contributed by atoms with E-state index in [4.69, 9.17) is 5.73 Å². The molecule has 0 aliphatic heterocycles. The van der Waals surface area contributed by atoms with E-state index in [1.807, 2.05) is 17.8 Å². The van der Waals surface area contributed by atoms with Crippen molar-refractivity contribution in [2.24, 2.45) is 5.73 Å². The van der Waals surface area contributed by atoms with Crippen molar-refractivity contribution in [1.29, 1.82) is 0 Å². The Morgan fingerprint density at radius 3 is 2.71 bits per heavy atom. The molecule has 1 aromatic rings. The first-order valence-corrected chi connectivity index (χ1v) is 7.14. The van der Waals surface area contributed by atoms with Crippen LogP contribution in [-0.2, 0) is 13.1 Å². The minimum atomic E-state index is -0.214. The highest BCUT2D eigenvalue weighted by Gasteiger charge is 2.11. The monoisotopic (exact) mass is 256 g/mol. The lowest BCUT2D eigenvalue weighted by Crippen LogP contribution is -2.31. The molecule has 0 heterocycles. The molecule has 0 saturated carbocycles. The van der Waals surface area contributed by atoms with E-state index in [-0.39, 0.29) is 5.82 Å². The van der Waals surface area contributed by atoms with Crippen molar-refractivity contribution in [2.75, 3.05) is 19.1 Å². The number of rotatable bonds is 6. The van der Waals surface area contributed by atoms with Crippen LogP contribution in [0.4, 0.5) is 4.39 Å². The standard InChI is InChI=1S/C13H21FN2S/c1-10(9-17-3)16(2)8-11-4-5-13(14)6-12(11)7-15/h4-6,10H,7-9,15H2,1-3H3. The third kappa shape index (κ3) is 4.30. The van der Waals surface area contributed by atoms with E-state index in [9.17, 15) is 4.39 Å². The van der Waals surface area contributed by atoms with Crippen molar-refractivity contribution in [2.45, 2.75) is 26.1 Å². The van der Waals surface area contributed by atoms with Crippen LogP contribution in [0.15, 0.2) is 18.2 Å². The molecule has 0 aliphatic rings. The highest BCUT2D eigenvalue weighted by molar-refractivity contribution is 7.98. The van der Waals surface area contributed by atoms with Crippen LogP contribution in [0.2, 0.25) is 0 Å². The summed E-state index contributed by atoms with van der Waals surface area (Å²) >= 11 is 1.83. The summed E-state index contributed by atoms with van der Waals surface area (Å²) in [5.74, 6) is 0.879. The first-order valence-electron chi connectivity index (χ1n) is 5.75. The first kappa shape index (κ1) is 14.5. The van der Waals surface area contributed by atoms with Gasteiger partial charge in [-0.1, -0.05) is 6.07 Å². The van der Waals surface area contributed by atoms with E-state index < -0.39 is 0 Å². The van der Waals surface area contributed by atoms with Gasteiger partial charge in [0.15, 0.2) is 0 Å². The van der Waals surface area contributed by atoms with Crippen LogP contribution in [0.5, 0.6) is 0 Å². The Hall–Kier alpha value is -0.580. The van der Waals surface area contributed by atoms with Crippen LogP contribution in [0.25, 0.3) is 0 Å². The first-order chi connectivity index (χ1) is 8.08. The maximum Gasteiger partial charge on any atom is 0.123 e. The van der Waals surface area contributed by atoms with Crippen molar-refractivity contribution < 1.29 is 4.39 Å². The number of hydrogen-bond acceptors (Lipinski definition) is 3. The molecule has 17 heavy (non-hydrogen) atoms. The van der Waals surface area contributed by atoms with E-state index in [1.54, 1.807) is 0 Å². The topological polar surface area (TPSA) is 29.3 Å². The zero-order chi connectivity index (χ0) is 12.8. The van der Waals surface area contributed by atoms with E-state index in [2.05, 4.69) is 25.1 Å². The minimum Gasteiger partial charge on any atom is -0.326 e. The number of thioether (sulfide) groups is 1. The maximum atomic E-state index is 13.1. The van der Waals surface area contributed by atoms with Crippen molar-refractivity contribution >= 4 is 11.8 Å². The van der Waals surface area contributed by atoms with Gasteiger partial charge < -0.3 is 5.73 Å². The molecule has 1 atom stereocenters. The quantitative estimate of drug-likeness (QED) is 0.848. The molecule has 1 unspecified atom stereocenters. The van der Waals surface area contributed by atoms with Crippen molar-refractivity contribution in [1.82, 2.24) is 4.90 Å². The number of benzene rings is 1. The van der Waals surface area contributed by atoms with Gasteiger partial charge in [0, 0.05) is 24.9 Å². The van der Waals surface area contributed by atoms with Gasteiger partial charge in [-0.2, -0.15) is 11.8 Å². The normalized spacial score (nSPS) is 13.1. The SMILES string of the molecule is CSCC(C)N(C)Cc1ccc(F)cc1CN. The number of halogens is 1. The second-order valence-corrected chi connectivity index (χ2v) is 5.25. The third-order valence-electron chi connectivity index (χ3n) is 2.97. The van der Waals surface area contributed by atoms with Gasteiger partial charge >= 0.3 is 0 Å². The molecule has 2 N–H and O–H groups in total. The molecule has 0 radical (unpaired) electrons. The largest absolute Gasteiger partial charge is 0.326 e. The van der Waals surface area contributed by atoms with Crippen LogP contribution in [-0.4, -0.2) is 30.0 Å². The second kappa shape index (κ2) is 6.99. The summed E-state index contributed by atoms with van der Waals surface area (Å²) < 4.78 is 13.1. The van der Waals surface area contributed by atoms with Crippen LogP contribution in [0, 0.1) is 5.82 Å². The highest BCUT2D eigenvalue weighted by atomic mass is 32.2. The Morgan fingerprint density at radius 2 is 2.12 bits per heavy atom. The lowest BCUT2D eigenvalue weighted by atomic mass is 10.1. The van der Waals surface area contributed by atoms with Crippen LogP contribution >= 0.6 is 11.8 Å². The molecular formula is C13H21FN2S. The maximum absolute atomic E-state index is 13.1. The van der Waals surface area contributed by atoms with Crippen molar-refractivity contribution in [3.05, 3.63) is 35.1 Å². The summed E-state index contributed by atoms with van der Waals surface area (Å²) in [6, 6.07) is 5.37. The average Bonchev–Trinajstić information content (AvgIpc) is 2.31. The number of nitrogens with two attached hydrogens (primary N) is 1. The molecule has 0 aromatic heterocycles. The Labute approximate surface area is 107 Å². The van der Waals surface area contributed by atoms with Gasteiger partial charge in [-0.25, -0.2) is 4.39 Å². The predicted molar refractivity (Wildman–Crippen MR) is 73.6 cm³/mol. The van der Waals surface area contributed by atoms with Crippen molar-refractivity contribution in [3.8, 4) is 0 Å². The molecule has 1 aromatic carbocycles. The Bertz CT molecular complexity index is 357. The van der Waals surface area contributed by atoms with Gasteiger partial charge in [0.25, 0.3) is 0 Å². The lowest BCUT2D eigenvalue weighted by Gasteiger charge is -2.25. The summed E-state index contributed by atoms with van der Waals surface area (Å²) in [5.41, 5.74) is 7.65. The molecule has 0 aliphatic carbocycles. The summed E-state index contributed by atoms with van der Waals surface area (Å²) in [6.07, 6.45) is 2.10. The molecule has 0 spiro atoms. The van der Waals surface area contributed by atoms with Gasteiger partial charge in [0.2, 0.25) is 0 Å². The zero-order valence-corrected chi connectivity index (χ0v) is 11.6. The molecule has 0 amide bonds. The molecule has 96 valence electrons. The van der Waals surface area contributed by atoms with Crippen LogP contribution in [0.1, 0.15) is 18.1 Å². The molecule has 1 rings (SSSR count). The molecule has 0 saturated heterocycles. The van der Waals surface area contributed by atoms with Crippen LogP contribution < -0.4 is 5.73 Å². The Balaban J connectivity index is 2.73. The van der Waals surface area contributed by atoms with Gasteiger partial charge in [0.1, 0.15) is 5.82 Å². The summed E-state index contributed by atoms with van der Waals surface area (Å²) in [7, 11) is 2.09. The fourth-order valence-electron chi connectivity index (χ4n) is 1.73. The summed E-state index contributed by atoms with van der Waals surface area (Å²) in [6.45, 7) is 3.40. The number of nitrogens with zero attached hydrogens (tertiary/aromatic N) is 1. The Kier molecular flexibility index (Phi) is 5.95.